The first-order valence-electron chi connectivity index (χ1n) is 6.47. The monoisotopic (exact) mass is 292 g/mol. The zero-order valence-corrected chi connectivity index (χ0v) is 11.6. The van der Waals surface area contributed by atoms with Crippen molar-refractivity contribution in [2.75, 3.05) is 26.8 Å². The molecule has 0 radical (unpaired) electrons. The quantitative estimate of drug-likeness (QED) is 0.518. The van der Waals surface area contributed by atoms with Gasteiger partial charge in [-0.05, 0) is 18.1 Å². The number of benzene rings is 1. The fourth-order valence-electron chi connectivity index (χ4n) is 2.23. The van der Waals surface area contributed by atoms with Gasteiger partial charge in [0.1, 0.15) is 0 Å². The molecule has 1 aromatic carbocycles. The van der Waals surface area contributed by atoms with E-state index >= 15 is 0 Å². The third kappa shape index (κ3) is 3.19. The SMILES string of the molecule is COCC1=CCN(C(=O)c2cccc([N+](=O)[O-])c2O)CC1. The van der Waals surface area contributed by atoms with Crippen LogP contribution in [0.1, 0.15) is 16.8 Å². The molecule has 0 atom stereocenters. The Balaban J connectivity index is 2.19. The Morgan fingerprint density at radius 2 is 2.29 bits per heavy atom. The largest absolute Gasteiger partial charge is 0.502 e. The molecule has 0 fully saturated rings. The van der Waals surface area contributed by atoms with Crippen molar-refractivity contribution in [1.29, 1.82) is 0 Å². The lowest BCUT2D eigenvalue weighted by molar-refractivity contribution is -0.385. The molecule has 0 saturated heterocycles. The number of ether oxygens (including phenoxy) is 1. The molecule has 1 N–H and O–H groups in total. The van der Waals surface area contributed by atoms with E-state index in [4.69, 9.17) is 4.74 Å². The van der Waals surface area contributed by atoms with Crippen LogP contribution in [0.4, 0.5) is 5.69 Å². The van der Waals surface area contributed by atoms with E-state index in [-0.39, 0.29) is 5.56 Å². The number of methoxy groups -OCH3 is 1. The molecule has 1 aliphatic heterocycles. The fourth-order valence-corrected chi connectivity index (χ4v) is 2.23. The number of nitro benzene ring substituents is 1. The molecule has 0 aliphatic carbocycles. The van der Waals surface area contributed by atoms with Crippen molar-refractivity contribution in [2.24, 2.45) is 0 Å². The molecular formula is C14H16N2O5. The van der Waals surface area contributed by atoms with E-state index in [9.17, 15) is 20.0 Å². The van der Waals surface area contributed by atoms with Gasteiger partial charge in [-0.25, -0.2) is 0 Å². The molecule has 0 aromatic heterocycles. The van der Waals surface area contributed by atoms with Crippen LogP contribution in [0.3, 0.4) is 0 Å². The number of hydrogen-bond donors (Lipinski definition) is 1. The van der Waals surface area contributed by atoms with Crippen molar-refractivity contribution in [2.45, 2.75) is 6.42 Å². The van der Waals surface area contributed by atoms with Gasteiger partial charge in [0.05, 0.1) is 17.1 Å². The Kier molecular flexibility index (Phi) is 4.54. The van der Waals surface area contributed by atoms with E-state index in [0.29, 0.717) is 26.1 Å². The van der Waals surface area contributed by atoms with Gasteiger partial charge in [-0.15, -0.1) is 0 Å². The van der Waals surface area contributed by atoms with Gasteiger partial charge in [0.25, 0.3) is 5.91 Å². The predicted octanol–water partition coefficient (Wildman–Crippen LogP) is 1.72. The molecule has 0 saturated carbocycles. The maximum absolute atomic E-state index is 12.3. The van der Waals surface area contributed by atoms with Crippen LogP contribution >= 0.6 is 0 Å². The molecule has 0 bridgehead atoms. The Hall–Kier alpha value is -2.41. The van der Waals surface area contributed by atoms with E-state index in [1.807, 2.05) is 6.08 Å². The van der Waals surface area contributed by atoms with E-state index in [2.05, 4.69) is 0 Å². The number of phenolic OH excluding ortho intramolecular Hbond substituents is 1. The molecule has 0 spiro atoms. The summed E-state index contributed by atoms with van der Waals surface area (Å²) in [5.41, 5.74) is 0.603. The normalized spacial score (nSPS) is 14.7. The number of rotatable bonds is 4. The summed E-state index contributed by atoms with van der Waals surface area (Å²) in [6, 6.07) is 3.94. The van der Waals surface area contributed by atoms with Crippen molar-refractivity contribution in [3.05, 3.63) is 45.5 Å². The molecule has 1 aliphatic rings. The lowest BCUT2D eigenvalue weighted by Crippen LogP contribution is -2.35. The Morgan fingerprint density at radius 3 is 2.86 bits per heavy atom. The summed E-state index contributed by atoms with van der Waals surface area (Å²) in [5, 5.41) is 20.7. The predicted molar refractivity (Wildman–Crippen MR) is 75.2 cm³/mol. The van der Waals surface area contributed by atoms with E-state index in [0.717, 1.165) is 5.57 Å². The van der Waals surface area contributed by atoms with Gasteiger partial charge in [-0.3, -0.25) is 14.9 Å². The summed E-state index contributed by atoms with van der Waals surface area (Å²) in [5.74, 6) is -0.997. The summed E-state index contributed by atoms with van der Waals surface area (Å²) in [7, 11) is 1.61. The van der Waals surface area contributed by atoms with Crippen LogP contribution in [-0.2, 0) is 4.74 Å². The Bertz CT molecular complexity index is 597. The van der Waals surface area contributed by atoms with Crippen molar-refractivity contribution in [3.63, 3.8) is 0 Å². The van der Waals surface area contributed by atoms with E-state index < -0.39 is 22.3 Å². The van der Waals surface area contributed by atoms with Gasteiger partial charge in [0, 0.05) is 26.3 Å². The second-order valence-corrected chi connectivity index (χ2v) is 4.73. The summed E-state index contributed by atoms with van der Waals surface area (Å²) in [6.45, 7) is 1.43. The Labute approximate surface area is 121 Å². The second kappa shape index (κ2) is 6.36. The summed E-state index contributed by atoms with van der Waals surface area (Å²) in [4.78, 5) is 24.0. The standard InChI is InChI=1S/C14H16N2O5/c1-21-9-10-5-7-15(8-6-10)14(18)11-3-2-4-12(13(11)17)16(19)20/h2-5,17H,6-9H2,1H3. The van der Waals surface area contributed by atoms with E-state index in [1.165, 1.54) is 23.1 Å². The molecule has 1 aromatic rings. The van der Waals surface area contributed by atoms with Crippen LogP contribution in [0, 0.1) is 10.1 Å². The number of para-hydroxylation sites is 1. The summed E-state index contributed by atoms with van der Waals surface area (Å²) >= 11 is 0. The average Bonchev–Trinajstić information content (AvgIpc) is 2.47. The van der Waals surface area contributed by atoms with Crippen molar-refractivity contribution >= 4 is 11.6 Å². The summed E-state index contributed by atoms with van der Waals surface area (Å²) < 4.78 is 5.04. The number of amides is 1. The van der Waals surface area contributed by atoms with Crippen molar-refractivity contribution in [1.82, 2.24) is 4.90 Å². The van der Waals surface area contributed by atoms with Crippen LogP contribution in [-0.4, -0.2) is 47.6 Å². The van der Waals surface area contributed by atoms with E-state index in [1.54, 1.807) is 7.11 Å². The molecule has 112 valence electrons. The molecule has 2 rings (SSSR count). The van der Waals surface area contributed by atoms with Gasteiger partial charge < -0.3 is 14.7 Å². The van der Waals surface area contributed by atoms with Crippen LogP contribution in [0.15, 0.2) is 29.8 Å². The van der Waals surface area contributed by atoms with Gasteiger partial charge in [-0.2, -0.15) is 0 Å². The highest BCUT2D eigenvalue weighted by Crippen LogP contribution is 2.30. The molecule has 7 nitrogen and oxygen atoms in total. The molecule has 21 heavy (non-hydrogen) atoms. The lowest BCUT2D eigenvalue weighted by Gasteiger charge is -2.26. The van der Waals surface area contributed by atoms with Crippen LogP contribution < -0.4 is 0 Å². The minimum Gasteiger partial charge on any atom is -0.502 e. The van der Waals surface area contributed by atoms with Crippen LogP contribution in [0.2, 0.25) is 0 Å². The maximum atomic E-state index is 12.3. The number of carbonyl (C=O) groups is 1. The zero-order valence-electron chi connectivity index (χ0n) is 11.6. The number of aromatic hydroxyl groups is 1. The first-order valence-corrected chi connectivity index (χ1v) is 6.47. The molecule has 1 amide bonds. The second-order valence-electron chi connectivity index (χ2n) is 4.73. The topological polar surface area (TPSA) is 92.9 Å². The third-order valence-electron chi connectivity index (χ3n) is 3.36. The highest BCUT2D eigenvalue weighted by atomic mass is 16.6. The van der Waals surface area contributed by atoms with Crippen LogP contribution in [0.25, 0.3) is 0 Å². The number of nitrogens with zero attached hydrogens (tertiary/aromatic N) is 2. The number of nitro groups is 1. The number of phenols is 1. The first kappa shape index (κ1) is 15.0. The first-order chi connectivity index (χ1) is 10.0. The zero-order chi connectivity index (χ0) is 15.4. The average molecular weight is 292 g/mol. The molecular weight excluding hydrogens is 276 g/mol. The van der Waals surface area contributed by atoms with Crippen molar-refractivity contribution < 1.29 is 19.6 Å². The van der Waals surface area contributed by atoms with Gasteiger partial charge in [0.2, 0.25) is 5.75 Å². The fraction of sp³-hybridized carbons (Fsp3) is 0.357. The highest BCUT2D eigenvalue weighted by molar-refractivity contribution is 5.98. The van der Waals surface area contributed by atoms with Gasteiger partial charge in [0.15, 0.2) is 0 Å². The molecule has 0 unspecified atom stereocenters. The van der Waals surface area contributed by atoms with Gasteiger partial charge in [-0.1, -0.05) is 12.1 Å². The van der Waals surface area contributed by atoms with Crippen LogP contribution in [0.5, 0.6) is 5.75 Å². The molecule has 7 heteroatoms. The third-order valence-corrected chi connectivity index (χ3v) is 3.36. The minimum absolute atomic E-state index is 0.0483. The lowest BCUT2D eigenvalue weighted by atomic mass is 10.1. The number of carbonyl (C=O) groups excluding carboxylic acids is 1. The molecule has 1 heterocycles. The number of hydrogen-bond acceptors (Lipinski definition) is 5. The van der Waals surface area contributed by atoms with Gasteiger partial charge >= 0.3 is 5.69 Å². The Morgan fingerprint density at radius 1 is 1.52 bits per heavy atom. The minimum atomic E-state index is -0.709. The maximum Gasteiger partial charge on any atom is 0.311 e. The smallest absolute Gasteiger partial charge is 0.311 e. The summed E-state index contributed by atoms with van der Waals surface area (Å²) in [6.07, 6.45) is 2.59. The highest BCUT2D eigenvalue weighted by Gasteiger charge is 2.25. The van der Waals surface area contributed by atoms with Crippen molar-refractivity contribution in [3.8, 4) is 5.75 Å².